The molecule has 1 aromatic heterocycles. The Balaban J connectivity index is 1.25. The van der Waals surface area contributed by atoms with Crippen LogP contribution < -0.4 is 10.6 Å². The van der Waals surface area contributed by atoms with Crippen molar-refractivity contribution in [1.29, 1.82) is 0 Å². The molecule has 2 fully saturated rings. The molecule has 1 aliphatic carbocycles. The van der Waals surface area contributed by atoms with Gasteiger partial charge in [-0.05, 0) is 30.9 Å². The number of amides is 4. The molecule has 148 valence electrons. The first-order valence-corrected chi connectivity index (χ1v) is 10.1. The maximum Gasteiger partial charge on any atom is 0.324 e. The third-order valence-corrected chi connectivity index (χ3v) is 5.86. The highest BCUT2D eigenvalue weighted by molar-refractivity contribution is 5.99. The van der Waals surface area contributed by atoms with E-state index in [4.69, 9.17) is 0 Å². The van der Waals surface area contributed by atoms with Crippen molar-refractivity contribution in [2.75, 3.05) is 13.1 Å². The number of aromatic nitrogens is 1. The van der Waals surface area contributed by atoms with Gasteiger partial charge in [-0.3, -0.25) is 14.5 Å². The maximum absolute atomic E-state index is 12.6. The molecule has 1 aliphatic heterocycles. The molecule has 1 saturated heterocycles. The molecule has 4 amide bonds. The monoisotopic (exact) mass is 382 g/mol. The maximum atomic E-state index is 12.6. The van der Waals surface area contributed by atoms with Crippen molar-refractivity contribution < 1.29 is 14.4 Å². The van der Waals surface area contributed by atoms with Crippen LogP contribution in [-0.4, -0.2) is 46.9 Å². The van der Waals surface area contributed by atoms with Gasteiger partial charge in [0.15, 0.2) is 0 Å². The summed E-state index contributed by atoms with van der Waals surface area (Å²) in [5.41, 5.74) is 2.24. The summed E-state index contributed by atoms with van der Waals surface area (Å²) in [6.45, 7) is 0.651. The first-order valence-electron chi connectivity index (χ1n) is 10.1. The summed E-state index contributed by atoms with van der Waals surface area (Å²) in [6, 6.07) is 7.67. The van der Waals surface area contributed by atoms with Crippen LogP contribution >= 0.6 is 0 Å². The molecule has 7 nitrogen and oxygen atoms in total. The fourth-order valence-electron chi connectivity index (χ4n) is 4.32. The van der Waals surface area contributed by atoms with Crippen molar-refractivity contribution in [3.63, 3.8) is 0 Å². The number of carbonyl (C=O) groups is 3. The number of carbonyl (C=O) groups excluding carboxylic acids is 3. The van der Waals surface area contributed by atoms with Crippen molar-refractivity contribution >= 4 is 28.7 Å². The molecule has 1 aromatic carbocycles. The minimum atomic E-state index is -0.361. The van der Waals surface area contributed by atoms with Gasteiger partial charge in [0.25, 0.3) is 0 Å². The molecule has 4 rings (SSSR count). The second-order valence-electron chi connectivity index (χ2n) is 7.65. The molecule has 2 aliphatic rings. The molecule has 1 saturated carbocycles. The molecule has 7 heteroatoms. The highest BCUT2D eigenvalue weighted by Crippen LogP contribution is 2.29. The summed E-state index contributed by atoms with van der Waals surface area (Å²) >= 11 is 0. The Labute approximate surface area is 163 Å². The van der Waals surface area contributed by atoms with E-state index in [1.54, 1.807) is 0 Å². The van der Waals surface area contributed by atoms with Crippen LogP contribution in [0.3, 0.4) is 0 Å². The van der Waals surface area contributed by atoms with E-state index in [9.17, 15) is 14.4 Å². The lowest BCUT2D eigenvalue weighted by atomic mass is 9.82. The largest absolute Gasteiger partial charge is 0.361 e. The van der Waals surface area contributed by atoms with Crippen molar-refractivity contribution in [2.45, 2.75) is 44.6 Å². The van der Waals surface area contributed by atoms with E-state index in [2.05, 4.69) is 21.7 Å². The van der Waals surface area contributed by atoms with Crippen LogP contribution in [-0.2, 0) is 16.0 Å². The first-order chi connectivity index (χ1) is 13.6. The number of rotatable bonds is 6. The molecular weight excluding hydrogens is 356 g/mol. The standard InChI is InChI=1S/C21H26N4O3/c26-19(22-11-9-14-13-23-17-7-3-1-5-15(14)17)10-12-25-20(27)16-6-2-4-8-18(16)24-21(25)28/h1,3,5,7,13,16,18,23H,2,4,6,8-12H2,(H,22,26)(H,24,28). The minimum absolute atomic E-state index is 0.0324. The predicted molar refractivity (Wildman–Crippen MR) is 106 cm³/mol. The normalized spacial score (nSPS) is 22.1. The number of nitrogens with one attached hydrogen (secondary N) is 3. The van der Waals surface area contributed by atoms with Gasteiger partial charge in [-0.2, -0.15) is 0 Å². The molecule has 0 bridgehead atoms. The van der Waals surface area contributed by atoms with Crippen molar-refractivity contribution in [1.82, 2.24) is 20.5 Å². The Hall–Kier alpha value is -2.83. The van der Waals surface area contributed by atoms with Gasteiger partial charge in [0.2, 0.25) is 11.8 Å². The quantitative estimate of drug-likeness (QED) is 0.716. The Morgan fingerprint density at radius 1 is 1.18 bits per heavy atom. The highest BCUT2D eigenvalue weighted by Gasteiger charge is 2.41. The van der Waals surface area contributed by atoms with Crippen LogP contribution in [0.2, 0.25) is 0 Å². The number of para-hydroxylation sites is 1. The fraction of sp³-hybridized carbons (Fsp3) is 0.476. The number of benzene rings is 1. The number of hydrogen-bond acceptors (Lipinski definition) is 3. The molecule has 0 spiro atoms. The van der Waals surface area contributed by atoms with Gasteiger partial charge >= 0.3 is 6.03 Å². The number of H-pyrrole nitrogens is 1. The van der Waals surface area contributed by atoms with E-state index in [1.165, 1.54) is 4.90 Å². The van der Waals surface area contributed by atoms with Crippen LogP contribution in [0.5, 0.6) is 0 Å². The summed E-state index contributed by atoms with van der Waals surface area (Å²) in [5.74, 6) is -0.400. The lowest BCUT2D eigenvalue weighted by molar-refractivity contribution is -0.136. The molecule has 2 heterocycles. The Morgan fingerprint density at radius 2 is 2.00 bits per heavy atom. The zero-order chi connectivity index (χ0) is 19.5. The van der Waals surface area contributed by atoms with Crippen LogP contribution in [0.15, 0.2) is 30.5 Å². The molecule has 3 N–H and O–H groups in total. The minimum Gasteiger partial charge on any atom is -0.361 e. The van der Waals surface area contributed by atoms with Gasteiger partial charge in [0.1, 0.15) is 0 Å². The average Bonchev–Trinajstić information content (AvgIpc) is 3.11. The van der Waals surface area contributed by atoms with Crippen molar-refractivity contribution in [2.24, 2.45) is 5.92 Å². The van der Waals surface area contributed by atoms with Crippen LogP contribution in [0.1, 0.15) is 37.7 Å². The third-order valence-electron chi connectivity index (χ3n) is 5.86. The number of fused-ring (bicyclic) bond motifs is 2. The summed E-state index contributed by atoms with van der Waals surface area (Å²) in [7, 11) is 0. The van der Waals surface area contributed by atoms with Crippen LogP contribution in [0.4, 0.5) is 4.79 Å². The molecule has 0 radical (unpaired) electrons. The summed E-state index contributed by atoms with van der Waals surface area (Å²) < 4.78 is 0. The van der Waals surface area contributed by atoms with E-state index >= 15 is 0 Å². The van der Waals surface area contributed by atoms with E-state index in [0.717, 1.165) is 48.6 Å². The molecule has 2 aromatic rings. The number of nitrogens with zero attached hydrogens (tertiary/aromatic N) is 1. The predicted octanol–water partition coefficient (Wildman–Crippen LogP) is 2.33. The number of hydrogen-bond donors (Lipinski definition) is 3. The molecule has 2 unspecified atom stereocenters. The van der Waals surface area contributed by atoms with Gasteiger partial charge in [-0.25, -0.2) is 4.79 Å². The van der Waals surface area contributed by atoms with Crippen molar-refractivity contribution in [3.05, 3.63) is 36.0 Å². The Kier molecular flexibility index (Phi) is 5.32. The van der Waals surface area contributed by atoms with Gasteiger partial charge in [-0.15, -0.1) is 0 Å². The topological polar surface area (TPSA) is 94.3 Å². The summed E-state index contributed by atoms with van der Waals surface area (Å²) in [6.07, 6.45) is 6.57. The second kappa shape index (κ2) is 8.04. The zero-order valence-corrected chi connectivity index (χ0v) is 15.9. The van der Waals surface area contributed by atoms with Crippen molar-refractivity contribution in [3.8, 4) is 0 Å². The van der Waals surface area contributed by atoms with E-state index in [1.807, 2.05) is 24.4 Å². The van der Waals surface area contributed by atoms with E-state index in [-0.39, 0.29) is 42.8 Å². The van der Waals surface area contributed by atoms with E-state index < -0.39 is 0 Å². The lowest BCUT2D eigenvalue weighted by Gasteiger charge is -2.39. The zero-order valence-electron chi connectivity index (χ0n) is 15.9. The second-order valence-corrected chi connectivity index (χ2v) is 7.65. The van der Waals surface area contributed by atoms with Gasteiger partial charge in [-0.1, -0.05) is 31.0 Å². The SMILES string of the molecule is O=C(CCN1C(=O)NC2CCCCC2C1=O)NCCc1c[nH]c2ccccc12. The van der Waals surface area contributed by atoms with Gasteiger partial charge in [0.05, 0.1) is 5.92 Å². The summed E-state index contributed by atoms with van der Waals surface area (Å²) in [5, 5.41) is 6.98. The first kappa shape index (κ1) is 18.5. The molecule has 2 atom stereocenters. The highest BCUT2D eigenvalue weighted by atomic mass is 16.2. The summed E-state index contributed by atoms with van der Waals surface area (Å²) in [4.78, 5) is 41.5. The fourth-order valence-corrected chi connectivity index (χ4v) is 4.32. The molecular formula is C21H26N4O3. The Bertz CT molecular complexity index is 891. The van der Waals surface area contributed by atoms with Crippen LogP contribution in [0.25, 0.3) is 10.9 Å². The average molecular weight is 382 g/mol. The Morgan fingerprint density at radius 3 is 2.89 bits per heavy atom. The number of imide groups is 1. The van der Waals surface area contributed by atoms with Crippen LogP contribution in [0, 0.1) is 5.92 Å². The van der Waals surface area contributed by atoms with Gasteiger partial charge < -0.3 is 15.6 Å². The molecule has 28 heavy (non-hydrogen) atoms. The van der Waals surface area contributed by atoms with Gasteiger partial charge in [0, 0.05) is 42.7 Å². The third kappa shape index (κ3) is 3.74. The number of aromatic amines is 1. The smallest absolute Gasteiger partial charge is 0.324 e. The van der Waals surface area contributed by atoms with E-state index in [0.29, 0.717) is 6.54 Å². The number of urea groups is 1. The lowest BCUT2D eigenvalue weighted by Crippen LogP contribution is -2.61.